The predicted molar refractivity (Wildman–Crippen MR) is 116 cm³/mol. The highest BCUT2D eigenvalue weighted by Gasteiger charge is 2.23. The van der Waals surface area contributed by atoms with Crippen molar-refractivity contribution in [2.75, 3.05) is 13.1 Å². The number of thioether (sulfide) groups is 1. The van der Waals surface area contributed by atoms with Crippen LogP contribution in [0.4, 0.5) is 0 Å². The van der Waals surface area contributed by atoms with E-state index in [4.69, 9.17) is 0 Å². The minimum absolute atomic E-state index is 0.295. The van der Waals surface area contributed by atoms with Crippen LogP contribution in [0.25, 0.3) is 11.4 Å². The third-order valence-electron chi connectivity index (χ3n) is 4.58. The molecule has 0 amide bonds. The topological polar surface area (TPSA) is 68.1 Å². The second-order valence-electron chi connectivity index (χ2n) is 7.26. The molecule has 1 aromatic heterocycles. The Morgan fingerprint density at radius 1 is 1.11 bits per heavy atom. The Bertz CT molecular complexity index is 874. The Hall–Kier alpha value is -1.38. The van der Waals surface area contributed by atoms with Crippen LogP contribution in [-0.4, -0.2) is 45.8 Å². The van der Waals surface area contributed by atoms with Crippen molar-refractivity contribution in [3.63, 3.8) is 0 Å². The van der Waals surface area contributed by atoms with Crippen LogP contribution in [0.15, 0.2) is 34.3 Å². The lowest BCUT2D eigenvalue weighted by Crippen LogP contribution is -2.30. The Balaban J connectivity index is 2.51. The number of sulfonamides is 1. The quantitative estimate of drug-likeness (QED) is 0.525. The zero-order valence-corrected chi connectivity index (χ0v) is 19.3. The molecule has 0 radical (unpaired) electrons. The largest absolute Gasteiger partial charge is 0.302 e. The van der Waals surface area contributed by atoms with E-state index in [9.17, 15) is 8.42 Å². The van der Waals surface area contributed by atoms with Gasteiger partial charge >= 0.3 is 0 Å². The molecule has 0 aliphatic carbocycles. The third-order valence-corrected chi connectivity index (χ3v) is 7.88. The lowest BCUT2D eigenvalue weighted by molar-refractivity contribution is 0.445. The molecule has 8 heteroatoms. The summed E-state index contributed by atoms with van der Waals surface area (Å²) in [5, 5.41) is 10.2. The predicted octanol–water partition coefficient (Wildman–Crippen LogP) is 4.52. The zero-order chi connectivity index (χ0) is 20.9. The molecule has 0 spiro atoms. The summed E-state index contributed by atoms with van der Waals surface area (Å²) in [7, 11) is -3.51. The van der Waals surface area contributed by atoms with E-state index >= 15 is 0 Å². The van der Waals surface area contributed by atoms with Crippen molar-refractivity contribution in [2.45, 2.75) is 69.8 Å². The van der Waals surface area contributed by atoms with Gasteiger partial charge in [0.05, 0.1) is 4.90 Å². The van der Waals surface area contributed by atoms with Crippen LogP contribution in [0.2, 0.25) is 0 Å². The summed E-state index contributed by atoms with van der Waals surface area (Å²) >= 11 is 1.71. The summed E-state index contributed by atoms with van der Waals surface area (Å²) < 4.78 is 29.4. The number of rotatable bonds is 10. The average molecular weight is 425 g/mol. The smallest absolute Gasteiger partial charge is 0.243 e. The summed E-state index contributed by atoms with van der Waals surface area (Å²) in [4.78, 5) is 0.295. The second kappa shape index (κ2) is 9.89. The Labute approximate surface area is 173 Å². The van der Waals surface area contributed by atoms with Crippen LogP contribution < -0.4 is 0 Å². The fraction of sp³-hybridized carbons (Fsp3) is 0.600. The van der Waals surface area contributed by atoms with Crippen LogP contribution in [0.5, 0.6) is 0 Å². The summed E-state index contributed by atoms with van der Waals surface area (Å²) in [5.41, 5.74) is 0.775. The molecule has 1 heterocycles. The van der Waals surface area contributed by atoms with E-state index in [-0.39, 0.29) is 0 Å². The Morgan fingerprint density at radius 2 is 1.79 bits per heavy atom. The first-order valence-corrected chi connectivity index (χ1v) is 12.3. The summed E-state index contributed by atoms with van der Waals surface area (Å²) in [6.07, 6.45) is 1.05. The third kappa shape index (κ3) is 5.15. The molecular formula is C20H32N4O2S2. The highest BCUT2D eigenvalue weighted by atomic mass is 32.2. The highest BCUT2D eigenvalue weighted by Crippen LogP contribution is 2.30. The monoisotopic (exact) mass is 424 g/mol. The Morgan fingerprint density at radius 3 is 2.36 bits per heavy atom. The van der Waals surface area contributed by atoms with Gasteiger partial charge in [-0.05, 0) is 24.5 Å². The molecule has 0 saturated heterocycles. The van der Waals surface area contributed by atoms with Crippen molar-refractivity contribution in [3.8, 4) is 11.4 Å². The lowest BCUT2D eigenvalue weighted by atomic mass is 10.2. The zero-order valence-electron chi connectivity index (χ0n) is 17.7. The molecule has 2 aromatic rings. The number of aromatic nitrogens is 3. The van der Waals surface area contributed by atoms with Gasteiger partial charge in [0.2, 0.25) is 10.0 Å². The van der Waals surface area contributed by atoms with Crippen LogP contribution in [0.3, 0.4) is 0 Å². The molecule has 0 aliphatic heterocycles. The van der Waals surface area contributed by atoms with Gasteiger partial charge < -0.3 is 4.57 Å². The van der Waals surface area contributed by atoms with Crippen LogP contribution in [0.1, 0.15) is 48.0 Å². The lowest BCUT2D eigenvalue weighted by Gasteiger charge is -2.19. The normalized spacial score (nSPS) is 13.4. The van der Waals surface area contributed by atoms with Crippen molar-refractivity contribution >= 4 is 21.8 Å². The SMILES string of the molecule is CCC(C)Sc1nnc(-c2cccc(S(=O)(=O)N(CC)CC)c2)n1CC(C)C. The molecule has 0 saturated carbocycles. The highest BCUT2D eigenvalue weighted by molar-refractivity contribution is 7.99. The molecule has 2 rings (SSSR count). The van der Waals surface area contributed by atoms with Gasteiger partial charge in [-0.2, -0.15) is 4.31 Å². The van der Waals surface area contributed by atoms with Crippen molar-refractivity contribution < 1.29 is 8.42 Å². The second-order valence-corrected chi connectivity index (χ2v) is 10.6. The summed E-state index contributed by atoms with van der Waals surface area (Å²) in [6, 6.07) is 7.04. The maximum atomic E-state index is 12.9. The van der Waals surface area contributed by atoms with E-state index in [2.05, 4.69) is 42.5 Å². The molecule has 1 atom stereocenters. The molecule has 0 aliphatic rings. The molecule has 1 aromatic carbocycles. The van der Waals surface area contributed by atoms with Crippen molar-refractivity contribution in [3.05, 3.63) is 24.3 Å². The minimum Gasteiger partial charge on any atom is -0.302 e. The van der Waals surface area contributed by atoms with Crippen LogP contribution >= 0.6 is 11.8 Å². The summed E-state index contributed by atoms with van der Waals surface area (Å²) in [6.45, 7) is 14.0. The standard InChI is InChI=1S/C20H32N4O2S2/c1-7-16(6)27-20-22-21-19(24(20)14-15(4)5)17-11-10-12-18(13-17)28(25,26)23(8-2)9-3/h10-13,15-16H,7-9,14H2,1-6H3. The van der Waals surface area contributed by atoms with Crippen molar-refractivity contribution in [2.24, 2.45) is 5.92 Å². The van der Waals surface area contributed by atoms with Crippen molar-refractivity contribution in [1.82, 2.24) is 19.1 Å². The van der Waals surface area contributed by atoms with Gasteiger partial charge in [0.25, 0.3) is 0 Å². The number of benzene rings is 1. The van der Waals surface area contributed by atoms with Gasteiger partial charge in [0, 0.05) is 30.4 Å². The van der Waals surface area contributed by atoms with Gasteiger partial charge in [-0.3, -0.25) is 0 Å². The van der Waals surface area contributed by atoms with Crippen LogP contribution in [0, 0.1) is 5.92 Å². The van der Waals surface area contributed by atoms with E-state index in [1.54, 1.807) is 30.0 Å². The van der Waals surface area contributed by atoms with Crippen molar-refractivity contribution in [1.29, 1.82) is 0 Å². The fourth-order valence-corrected chi connectivity index (χ4v) is 5.30. The molecule has 0 N–H and O–H groups in total. The molecule has 1 unspecified atom stereocenters. The van der Waals surface area contributed by atoms with Gasteiger partial charge in [-0.25, -0.2) is 8.42 Å². The van der Waals surface area contributed by atoms with E-state index in [0.717, 1.165) is 29.5 Å². The first-order chi connectivity index (χ1) is 13.2. The molecular weight excluding hydrogens is 392 g/mol. The van der Waals surface area contributed by atoms with E-state index in [0.29, 0.717) is 29.2 Å². The first kappa shape index (κ1) is 22.9. The number of hydrogen-bond donors (Lipinski definition) is 0. The van der Waals surface area contributed by atoms with Crippen LogP contribution in [-0.2, 0) is 16.6 Å². The van der Waals surface area contributed by atoms with E-state index in [1.165, 1.54) is 4.31 Å². The molecule has 0 fully saturated rings. The average Bonchev–Trinajstić information content (AvgIpc) is 3.04. The maximum Gasteiger partial charge on any atom is 0.243 e. The number of hydrogen-bond acceptors (Lipinski definition) is 5. The van der Waals surface area contributed by atoms with Gasteiger partial charge in [0.1, 0.15) is 0 Å². The Kier molecular flexibility index (Phi) is 8.09. The number of nitrogens with zero attached hydrogens (tertiary/aromatic N) is 4. The van der Waals surface area contributed by atoms with Gasteiger partial charge in [-0.15, -0.1) is 10.2 Å². The van der Waals surface area contributed by atoms with Gasteiger partial charge in [0.15, 0.2) is 11.0 Å². The molecule has 156 valence electrons. The molecule has 6 nitrogen and oxygen atoms in total. The fourth-order valence-electron chi connectivity index (χ4n) is 2.89. The maximum absolute atomic E-state index is 12.9. The molecule has 0 bridgehead atoms. The molecule has 28 heavy (non-hydrogen) atoms. The van der Waals surface area contributed by atoms with E-state index < -0.39 is 10.0 Å². The van der Waals surface area contributed by atoms with Gasteiger partial charge in [-0.1, -0.05) is 65.4 Å². The first-order valence-electron chi connectivity index (χ1n) is 9.94. The minimum atomic E-state index is -3.51. The van der Waals surface area contributed by atoms with E-state index in [1.807, 2.05) is 19.9 Å². The summed E-state index contributed by atoms with van der Waals surface area (Å²) in [5.74, 6) is 1.14.